The summed E-state index contributed by atoms with van der Waals surface area (Å²) in [5, 5.41) is 5.39. The van der Waals surface area contributed by atoms with Crippen LogP contribution in [0, 0.1) is 6.92 Å². The van der Waals surface area contributed by atoms with E-state index < -0.39 is 0 Å². The van der Waals surface area contributed by atoms with E-state index in [0.717, 1.165) is 23.7 Å². The van der Waals surface area contributed by atoms with E-state index >= 15 is 0 Å². The van der Waals surface area contributed by atoms with Gasteiger partial charge >= 0.3 is 0 Å². The van der Waals surface area contributed by atoms with Gasteiger partial charge in [0.2, 0.25) is 4.96 Å². The summed E-state index contributed by atoms with van der Waals surface area (Å²) >= 11 is 1.50. The average Bonchev–Trinajstić information content (AvgIpc) is 2.97. The maximum Gasteiger partial charge on any atom is 0.275 e. The third-order valence-corrected chi connectivity index (χ3v) is 5.56. The molecule has 4 rings (SSSR count). The minimum atomic E-state index is -0.106. The molecule has 0 bridgehead atoms. The normalized spacial score (nSPS) is 17.4. The summed E-state index contributed by atoms with van der Waals surface area (Å²) in [6.45, 7) is 2.57. The molecule has 0 radical (unpaired) electrons. The second-order valence-corrected chi connectivity index (χ2v) is 7.49. The van der Waals surface area contributed by atoms with Crippen LogP contribution >= 0.6 is 11.3 Å². The molecule has 124 valence electrons. The summed E-state index contributed by atoms with van der Waals surface area (Å²) in [5.74, 6) is 0. The highest BCUT2D eigenvalue weighted by Crippen LogP contribution is 2.34. The molecule has 5 nitrogen and oxygen atoms in total. The Balaban J connectivity index is 1.62. The number of nitrogens with zero attached hydrogens (tertiary/aromatic N) is 4. The zero-order chi connectivity index (χ0) is 16.7. The van der Waals surface area contributed by atoms with Crippen molar-refractivity contribution < 1.29 is 0 Å². The van der Waals surface area contributed by atoms with Crippen molar-refractivity contribution in [2.45, 2.75) is 38.8 Å². The van der Waals surface area contributed by atoms with Crippen LogP contribution in [0.1, 0.15) is 40.7 Å². The van der Waals surface area contributed by atoms with Gasteiger partial charge in [-0.25, -0.2) is 4.98 Å². The molecule has 0 fully saturated rings. The molecule has 0 spiro atoms. The lowest BCUT2D eigenvalue weighted by atomic mass is 9.87. The lowest BCUT2D eigenvalue weighted by Gasteiger charge is -2.32. The first-order valence-corrected chi connectivity index (χ1v) is 9.08. The highest BCUT2D eigenvalue weighted by atomic mass is 32.1. The van der Waals surface area contributed by atoms with Gasteiger partial charge in [0.25, 0.3) is 5.56 Å². The molecular weight excluding hydrogens is 320 g/mol. The van der Waals surface area contributed by atoms with Crippen molar-refractivity contribution in [2.75, 3.05) is 7.05 Å². The topological polar surface area (TPSA) is 50.5 Å². The Morgan fingerprint density at radius 1 is 1.38 bits per heavy atom. The number of aromatic nitrogens is 3. The van der Waals surface area contributed by atoms with E-state index in [2.05, 4.69) is 46.3 Å². The second kappa shape index (κ2) is 6.11. The summed E-state index contributed by atoms with van der Waals surface area (Å²) in [7, 11) is 2.14. The number of aryl methyl sites for hydroxylation is 2. The Kier molecular flexibility index (Phi) is 3.94. The number of hydrogen-bond acceptors (Lipinski definition) is 5. The first-order chi connectivity index (χ1) is 11.6. The number of benzene rings is 1. The Hall–Kier alpha value is -2.05. The Morgan fingerprint density at radius 2 is 2.21 bits per heavy atom. The Morgan fingerprint density at radius 3 is 3.08 bits per heavy atom. The molecule has 1 aliphatic carbocycles. The Labute approximate surface area is 144 Å². The third kappa shape index (κ3) is 2.76. The first-order valence-electron chi connectivity index (χ1n) is 8.26. The molecule has 0 saturated carbocycles. The number of fused-ring (bicyclic) bond motifs is 2. The molecule has 24 heavy (non-hydrogen) atoms. The third-order valence-electron chi connectivity index (χ3n) is 4.67. The predicted octanol–water partition coefficient (Wildman–Crippen LogP) is 2.97. The molecule has 0 N–H and O–H groups in total. The van der Waals surface area contributed by atoms with Gasteiger partial charge in [-0.1, -0.05) is 35.6 Å². The van der Waals surface area contributed by atoms with Gasteiger partial charge in [-0.3, -0.25) is 9.69 Å². The van der Waals surface area contributed by atoms with Crippen LogP contribution in [0.15, 0.2) is 35.1 Å². The number of hydrogen-bond donors (Lipinski definition) is 0. The highest BCUT2D eigenvalue weighted by molar-refractivity contribution is 7.16. The molecular formula is C18H20N4OS. The zero-order valence-corrected chi connectivity index (χ0v) is 14.7. The van der Waals surface area contributed by atoms with Crippen molar-refractivity contribution in [3.63, 3.8) is 0 Å². The van der Waals surface area contributed by atoms with Crippen LogP contribution in [-0.4, -0.2) is 26.5 Å². The second-order valence-electron chi connectivity index (χ2n) is 6.45. The van der Waals surface area contributed by atoms with Crippen molar-refractivity contribution in [1.29, 1.82) is 0 Å². The fourth-order valence-electron chi connectivity index (χ4n) is 3.53. The van der Waals surface area contributed by atoms with Crippen LogP contribution in [-0.2, 0) is 13.0 Å². The van der Waals surface area contributed by atoms with Gasteiger partial charge in [0.05, 0.1) is 6.54 Å². The summed E-state index contributed by atoms with van der Waals surface area (Å²) in [4.78, 5) is 19.4. The molecule has 1 aromatic carbocycles. The maximum atomic E-state index is 12.0. The summed E-state index contributed by atoms with van der Waals surface area (Å²) in [6, 6.07) is 10.7. The summed E-state index contributed by atoms with van der Waals surface area (Å²) < 4.78 is 1.41. The van der Waals surface area contributed by atoms with Crippen LogP contribution in [0.25, 0.3) is 4.96 Å². The van der Waals surface area contributed by atoms with Gasteiger partial charge in [-0.05, 0) is 44.4 Å². The van der Waals surface area contributed by atoms with E-state index in [4.69, 9.17) is 0 Å². The van der Waals surface area contributed by atoms with Crippen molar-refractivity contribution in [3.8, 4) is 0 Å². The number of rotatable bonds is 3. The van der Waals surface area contributed by atoms with Crippen molar-refractivity contribution in [3.05, 3.63) is 62.5 Å². The molecule has 1 aliphatic rings. The first kappa shape index (κ1) is 15.5. The van der Waals surface area contributed by atoms with Crippen LogP contribution in [0.3, 0.4) is 0 Å². The predicted molar refractivity (Wildman–Crippen MR) is 95.5 cm³/mol. The van der Waals surface area contributed by atoms with Gasteiger partial charge in [0.15, 0.2) is 0 Å². The minimum absolute atomic E-state index is 0.106. The standard InChI is InChI=1S/C18H20N4OS/c1-12-10-17(23)22-18(19-12)24-16(20-22)11-21(2)15-9-5-7-13-6-3-4-8-14(13)15/h3-4,6,8,10,15H,5,7,9,11H2,1-2H3. The maximum absolute atomic E-state index is 12.0. The van der Waals surface area contributed by atoms with E-state index in [-0.39, 0.29) is 5.56 Å². The van der Waals surface area contributed by atoms with Crippen molar-refractivity contribution in [1.82, 2.24) is 19.5 Å². The fourth-order valence-corrected chi connectivity index (χ4v) is 4.54. The smallest absolute Gasteiger partial charge is 0.275 e. The van der Waals surface area contributed by atoms with E-state index in [1.165, 1.54) is 45.9 Å². The largest absolute Gasteiger partial charge is 0.293 e. The van der Waals surface area contributed by atoms with E-state index in [1.54, 1.807) is 0 Å². The van der Waals surface area contributed by atoms with Gasteiger partial charge in [0, 0.05) is 17.8 Å². The highest BCUT2D eigenvalue weighted by Gasteiger charge is 2.24. The summed E-state index contributed by atoms with van der Waals surface area (Å²) in [6.07, 6.45) is 3.54. The zero-order valence-electron chi connectivity index (χ0n) is 13.9. The minimum Gasteiger partial charge on any atom is -0.293 e. The van der Waals surface area contributed by atoms with Crippen LogP contribution in [0.2, 0.25) is 0 Å². The molecule has 6 heteroatoms. The van der Waals surface area contributed by atoms with Crippen LogP contribution in [0.4, 0.5) is 0 Å². The monoisotopic (exact) mass is 340 g/mol. The van der Waals surface area contributed by atoms with E-state index in [9.17, 15) is 4.79 Å². The molecule has 2 aromatic heterocycles. The van der Waals surface area contributed by atoms with E-state index in [1.807, 2.05) is 6.92 Å². The molecule has 0 aliphatic heterocycles. The molecule has 0 amide bonds. The quantitative estimate of drug-likeness (QED) is 0.735. The van der Waals surface area contributed by atoms with Crippen LogP contribution in [0.5, 0.6) is 0 Å². The summed E-state index contributed by atoms with van der Waals surface area (Å²) in [5.41, 5.74) is 3.52. The van der Waals surface area contributed by atoms with Gasteiger partial charge in [0.1, 0.15) is 5.01 Å². The molecule has 1 atom stereocenters. The Bertz CT molecular complexity index is 946. The molecule has 3 aromatic rings. The molecule has 0 saturated heterocycles. The average molecular weight is 340 g/mol. The molecule has 1 unspecified atom stereocenters. The lowest BCUT2D eigenvalue weighted by Crippen LogP contribution is -2.27. The van der Waals surface area contributed by atoms with Gasteiger partial charge in [-0.2, -0.15) is 9.61 Å². The van der Waals surface area contributed by atoms with Gasteiger partial charge in [-0.15, -0.1) is 0 Å². The SMILES string of the molecule is Cc1cc(=O)n2nc(CN(C)C3CCCc4ccccc43)sc2n1. The fraction of sp³-hybridized carbons (Fsp3) is 0.389. The van der Waals surface area contributed by atoms with E-state index in [0.29, 0.717) is 11.0 Å². The molecule has 2 heterocycles. The van der Waals surface area contributed by atoms with Crippen LogP contribution < -0.4 is 5.56 Å². The lowest BCUT2D eigenvalue weighted by molar-refractivity contribution is 0.212. The van der Waals surface area contributed by atoms with Crippen molar-refractivity contribution >= 4 is 16.3 Å². The van der Waals surface area contributed by atoms with Gasteiger partial charge < -0.3 is 0 Å². The van der Waals surface area contributed by atoms with Crippen molar-refractivity contribution in [2.24, 2.45) is 0 Å².